The highest BCUT2D eigenvalue weighted by atomic mass is 16.6. The second kappa shape index (κ2) is 6.72. The maximum atomic E-state index is 13.5. The molecule has 0 amide bonds. The Balaban J connectivity index is 1.86. The first-order valence-corrected chi connectivity index (χ1v) is 10.1. The highest BCUT2D eigenvalue weighted by Crippen LogP contribution is 2.43. The fourth-order valence-electron chi connectivity index (χ4n) is 4.45. The number of esters is 1. The topological polar surface area (TPSA) is 98.5 Å². The van der Waals surface area contributed by atoms with Crippen molar-refractivity contribution in [1.82, 2.24) is 9.55 Å². The van der Waals surface area contributed by atoms with Gasteiger partial charge >= 0.3 is 5.97 Å². The molecule has 156 valence electrons. The molecule has 0 saturated carbocycles. The molecule has 0 aliphatic carbocycles. The first kappa shape index (κ1) is 19.4. The first-order chi connectivity index (χ1) is 14.8. The summed E-state index contributed by atoms with van der Waals surface area (Å²) in [5, 5.41) is 11.9. The molecule has 2 aliphatic heterocycles. The van der Waals surface area contributed by atoms with E-state index in [0.717, 1.165) is 16.5 Å². The van der Waals surface area contributed by atoms with Gasteiger partial charge in [-0.15, -0.1) is 0 Å². The lowest BCUT2D eigenvalue weighted by atomic mass is 9.86. The summed E-state index contributed by atoms with van der Waals surface area (Å²) in [4.78, 5) is 42.3. The van der Waals surface area contributed by atoms with Crippen LogP contribution in [0.15, 0.2) is 53.3 Å². The van der Waals surface area contributed by atoms with Crippen molar-refractivity contribution in [2.45, 2.75) is 38.5 Å². The van der Waals surface area contributed by atoms with Crippen LogP contribution >= 0.6 is 0 Å². The number of cyclic esters (lactones) is 1. The number of carbonyl (C=O) groups is 2. The second-order valence-electron chi connectivity index (χ2n) is 7.92. The van der Waals surface area contributed by atoms with Crippen molar-refractivity contribution < 1.29 is 19.4 Å². The number of hydrogen-bond donors (Lipinski definition) is 1. The standard InChI is InChI=1S/C24H20N2O5/c1-3-24(30)17-11-20-21-15(10-14-6-4-5-7-18(14)25-21)19(9-8-13(2)27)26(20)22(28)16(17)12-31-23(24)29/h4-11,19,30H,3,12H2,1-2H3/b9-8+/t19?,24-/m0/s1. The van der Waals surface area contributed by atoms with E-state index in [9.17, 15) is 19.5 Å². The Labute approximate surface area is 177 Å². The molecular formula is C24H20N2O5. The number of allylic oxidation sites excluding steroid dienone is 2. The summed E-state index contributed by atoms with van der Waals surface area (Å²) in [7, 11) is 0. The Morgan fingerprint density at radius 2 is 2.10 bits per heavy atom. The molecule has 5 rings (SSSR count). The van der Waals surface area contributed by atoms with Crippen LogP contribution in [0.25, 0.3) is 22.3 Å². The molecule has 0 bridgehead atoms. The van der Waals surface area contributed by atoms with E-state index in [2.05, 4.69) is 0 Å². The minimum absolute atomic E-state index is 0.0768. The maximum Gasteiger partial charge on any atom is 0.343 e. The van der Waals surface area contributed by atoms with Gasteiger partial charge in [-0.25, -0.2) is 9.78 Å². The molecule has 0 spiro atoms. The van der Waals surface area contributed by atoms with Crippen molar-refractivity contribution >= 4 is 22.7 Å². The number of ether oxygens (including phenoxy) is 1. The van der Waals surface area contributed by atoms with Crippen LogP contribution in [0.1, 0.15) is 43.0 Å². The predicted molar refractivity (Wildman–Crippen MR) is 113 cm³/mol. The third-order valence-electron chi connectivity index (χ3n) is 6.09. The molecule has 7 nitrogen and oxygen atoms in total. The first-order valence-electron chi connectivity index (χ1n) is 10.1. The normalized spacial score (nSPS) is 21.6. The van der Waals surface area contributed by atoms with E-state index < -0.39 is 17.6 Å². The number of aromatic nitrogens is 2. The molecular weight excluding hydrogens is 396 g/mol. The van der Waals surface area contributed by atoms with Crippen molar-refractivity contribution in [3.8, 4) is 11.4 Å². The van der Waals surface area contributed by atoms with Crippen LogP contribution in [-0.4, -0.2) is 26.4 Å². The Hall–Kier alpha value is -3.58. The van der Waals surface area contributed by atoms with E-state index in [1.807, 2.05) is 30.3 Å². The number of para-hydroxylation sites is 1. The third kappa shape index (κ3) is 2.70. The minimum Gasteiger partial charge on any atom is -0.458 e. The summed E-state index contributed by atoms with van der Waals surface area (Å²) < 4.78 is 6.69. The van der Waals surface area contributed by atoms with Gasteiger partial charge in [0.1, 0.15) is 6.61 Å². The Morgan fingerprint density at radius 3 is 2.84 bits per heavy atom. The van der Waals surface area contributed by atoms with Gasteiger partial charge in [0.25, 0.3) is 5.56 Å². The predicted octanol–water partition coefficient (Wildman–Crippen LogP) is 2.77. The summed E-state index contributed by atoms with van der Waals surface area (Å²) >= 11 is 0. The molecule has 0 fully saturated rings. The van der Waals surface area contributed by atoms with Gasteiger partial charge in [0.15, 0.2) is 11.4 Å². The van der Waals surface area contributed by atoms with Crippen molar-refractivity contribution in [3.05, 3.63) is 75.6 Å². The Bertz CT molecular complexity index is 1370. The number of carbonyl (C=O) groups excluding carboxylic acids is 2. The van der Waals surface area contributed by atoms with Crippen LogP contribution < -0.4 is 5.56 Å². The smallest absolute Gasteiger partial charge is 0.343 e. The van der Waals surface area contributed by atoms with Gasteiger partial charge in [0, 0.05) is 16.5 Å². The van der Waals surface area contributed by atoms with Crippen molar-refractivity contribution in [2.24, 2.45) is 0 Å². The summed E-state index contributed by atoms with van der Waals surface area (Å²) in [6.07, 6.45) is 3.20. The highest BCUT2D eigenvalue weighted by molar-refractivity contribution is 5.89. The van der Waals surface area contributed by atoms with Crippen molar-refractivity contribution in [3.63, 3.8) is 0 Å². The molecule has 2 aliphatic rings. The molecule has 7 heteroatoms. The average molecular weight is 416 g/mol. The van der Waals surface area contributed by atoms with Crippen LogP contribution in [0.2, 0.25) is 0 Å². The van der Waals surface area contributed by atoms with Crippen LogP contribution in [-0.2, 0) is 26.5 Å². The van der Waals surface area contributed by atoms with Crippen LogP contribution in [0, 0.1) is 0 Å². The van der Waals surface area contributed by atoms with Gasteiger partial charge in [-0.05, 0) is 37.6 Å². The summed E-state index contributed by atoms with van der Waals surface area (Å²) in [6.45, 7) is 2.91. The van der Waals surface area contributed by atoms with Gasteiger partial charge in [0.05, 0.1) is 28.5 Å². The zero-order chi connectivity index (χ0) is 21.9. The third-order valence-corrected chi connectivity index (χ3v) is 6.09. The zero-order valence-corrected chi connectivity index (χ0v) is 17.1. The van der Waals surface area contributed by atoms with Gasteiger partial charge in [0.2, 0.25) is 0 Å². The van der Waals surface area contributed by atoms with E-state index in [1.165, 1.54) is 13.0 Å². The molecule has 2 aromatic heterocycles. The molecule has 0 radical (unpaired) electrons. The number of hydrogen-bond acceptors (Lipinski definition) is 6. The number of pyridine rings is 2. The summed E-state index contributed by atoms with van der Waals surface area (Å²) in [5.41, 5.74) is 0.894. The SMILES string of the molecule is CC[C@@]1(O)C(=O)OCc2c1cc1n(c2=O)C(/C=C/C(C)=O)c2cc3ccccc3nc2-1. The van der Waals surface area contributed by atoms with Gasteiger partial charge in [-0.1, -0.05) is 31.2 Å². The molecule has 4 heterocycles. The fraction of sp³-hybridized carbons (Fsp3) is 0.250. The Kier molecular flexibility index (Phi) is 4.20. The number of rotatable bonds is 3. The largest absolute Gasteiger partial charge is 0.458 e. The van der Waals surface area contributed by atoms with E-state index in [1.54, 1.807) is 23.6 Å². The second-order valence-corrected chi connectivity index (χ2v) is 7.92. The maximum absolute atomic E-state index is 13.5. The lowest BCUT2D eigenvalue weighted by molar-refractivity contribution is -0.172. The summed E-state index contributed by atoms with van der Waals surface area (Å²) in [6, 6.07) is 10.7. The molecule has 1 N–H and O–H groups in total. The lowest BCUT2D eigenvalue weighted by Gasteiger charge is -2.32. The molecule has 3 aromatic rings. The fourth-order valence-corrected chi connectivity index (χ4v) is 4.45. The van der Waals surface area contributed by atoms with Gasteiger partial charge < -0.3 is 9.84 Å². The number of aliphatic hydroxyl groups is 1. The summed E-state index contributed by atoms with van der Waals surface area (Å²) in [5.74, 6) is -0.895. The number of fused-ring (bicyclic) bond motifs is 5. The van der Waals surface area contributed by atoms with Crippen molar-refractivity contribution in [2.75, 3.05) is 0 Å². The number of ketones is 1. The van der Waals surface area contributed by atoms with E-state index in [-0.39, 0.29) is 35.5 Å². The van der Waals surface area contributed by atoms with Crippen LogP contribution in [0.5, 0.6) is 0 Å². The quantitative estimate of drug-likeness (QED) is 0.521. The monoisotopic (exact) mass is 416 g/mol. The van der Waals surface area contributed by atoms with E-state index in [0.29, 0.717) is 11.4 Å². The zero-order valence-electron chi connectivity index (χ0n) is 17.1. The van der Waals surface area contributed by atoms with Crippen LogP contribution in [0.4, 0.5) is 0 Å². The molecule has 31 heavy (non-hydrogen) atoms. The van der Waals surface area contributed by atoms with Crippen molar-refractivity contribution in [1.29, 1.82) is 0 Å². The number of benzene rings is 1. The molecule has 2 atom stereocenters. The van der Waals surface area contributed by atoms with Gasteiger partial charge in [-0.3, -0.25) is 14.2 Å². The average Bonchev–Trinajstić information content (AvgIpc) is 3.06. The molecule has 0 saturated heterocycles. The van der Waals surface area contributed by atoms with Gasteiger partial charge in [-0.2, -0.15) is 0 Å². The van der Waals surface area contributed by atoms with Crippen LogP contribution in [0.3, 0.4) is 0 Å². The lowest BCUT2D eigenvalue weighted by Crippen LogP contribution is -2.44. The number of nitrogens with zero attached hydrogens (tertiary/aromatic N) is 2. The highest BCUT2D eigenvalue weighted by Gasteiger charge is 2.46. The van der Waals surface area contributed by atoms with E-state index >= 15 is 0 Å². The van der Waals surface area contributed by atoms with E-state index in [4.69, 9.17) is 9.72 Å². The molecule has 1 unspecified atom stereocenters. The minimum atomic E-state index is -1.88. The molecule has 1 aromatic carbocycles. The Morgan fingerprint density at radius 1 is 1.32 bits per heavy atom.